The molecule has 0 aliphatic carbocycles. The number of hydrogen-bond acceptors (Lipinski definition) is 0. The number of halogens is 1. The second kappa shape index (κ2) is 4.19. The molecule has 0 aliphatic rings. The zero-order valence-electron chi connectivity index (χ0n) is 8.92. The Hall–Kier alpha value is -1.08. The van der Waals surface area contributed by atoms with Gasteiger partial charge in [-0.05, 0) is 42.2 Å². The van der Waals surface area contributed by atoms with Crippen LogP contribution in [0, 0.1) is 13.8 Å². The van der Waals surface area contributed by atoms with Crippen LogP contribution < -0.4 is 0 Å². The lowest BCUT2D eigenvalue weighted by Gasteiger charge is -2.09. The molecular weight excluding hydrogens is 248 g/mol. The SMILES string of the molecule is Cc1cc(Br)c(C)c(-c2ccccc2)c1. The third-order valence-electron chi connectivity index (χ3n) is 2.57. The fraction of sp³-hybridized carbons (Fsp3) is 0.143. The molecule has 0 unspecified atom stereocenters. The average molecular weight is 261 g/mol. The van der Waals surface area contributed by atoms with Gasteiger partial charge < -0.3 is 0 Å². The van der Waals surface area contributed by atoms with Crippen molar-refractivity contribution in [3.8, 4) is 11.1 Å². The van der Waals surface area contributed by atoms with Crippen molar-refractivity contribution < 1.29 is 0 Å². The largest absolute Gasteiger partial charge is 0.0622 e. The van der Waals surface area contributed by atoms with Gasteiger partial charge in [-0.3, -0.25) is 0 Å². The summed E-state index contributed by atoms with van der Waals surface area (Å²) in [6, 6.07) is 14.9. The Morgan fingerprint density at radius 1 is 0.933 bits per heavy atom. The predicted molar refractivity (Wildman–Crippen MR) is 69.1 cm³/mol. The van der Waals surface area contributed by atoms with Crippen molar-refractivity contribution in [1.29, 1.82) is 0 Å². The van der Waals surface area contributed by atoms with Crippen LogP contribution in [0.3, 0.4) is 0 Å². The summed E-state index contributed by atoms with van der Waals surface area (Å²) in [5.74, 6) is 0. The van der Waals surface area contributed by atoms with Gasteiger partial charge in [0.15, 0.2) is 0 Å². The molecule has 1 heteroatoms. The Bertz CT molecular complexity index is 472. The molecule has 15 heavy (non-hydrogen) atoms. The molecule has 0 fully saturated rings. The molecule has 0 radical (unpaired) electrons. The second-order valence-corrected chi connectivity index (χ2v) is 4.64. The first-order chi connectivity index (χ1) is 7.18. The smallest absolute Gasteiger partial charge is 0.0213 e. The first kappa shape index (κ1) is 10.4. The average Bonchev–Trinajstić information content (AvgIpc) is 2.24. The molecule has 0 N–H and O–H groups in total. The van der Waals surface area contributed by atoms with E-state index in [-0.39, 0.29) is 0 Å². The molecule has 2 aromatic rings. The van der Waals surface area contributed by atoms with Gasteiger partial charge in [-0.2, -0.15) is 0 Å². The lowest BCUT2D eigenvalue weighted by Crippen LogP contribution is -1.86. The van der Waals surface area contributed by atoms with Crippen molar-refractivity contribution in [2.75, 3.05) is 0 Å². The van der Waals surface area contributed by atoms with Crippen LogP contribution in [0.5, 0.6) is 0 Å². The molecule has 0 nitrogen and oxygen atoms in total. The van der Waals surface area contributed by atoms with Crippen LogP contribution in [0.2, 0.25) is 0 Å². The maximum Gasteiger partial charge on any atom is 0.0213 e. The quantitative estimate of drug-likeness (QED) is 0.696. The number of aryl methyl sites for hydroxylation is 1. The highest BCUT2D eigenvalue weighted by molar-refractivity contribution is 9.10. The highest BCUT2D eigenvalue weighted by Crippen LogP contribution is 2.29. The first-order valence-corrected chi connectivity index (χ1v) is 5.80. The minimum Gasteiger partial charge on any atom is -0.0622 e. The predicted octanol–water partition coefficient (Wildman–Crippen LogP) is 4.73. The van der Waals surface area contributed by atoms with Crippen molar-refractivity contribution in [2.45, 2.75) is 13.8 Å². The highest BCUT2D eigenvalue weighted by Gasteiger charge is 2.05. The van der Waals surface area contributed by atoms with Gasteiger partial charge in [0.05, 0.1) is 0 Å². The number of rotatable bonds is 1. The Morgan fingerprint density at radius 2 is 1.60 bits per heavy atom. The van der Waals surface area contributed by atoms with Crippen LogP contribution in [0.1, 0.15) is 11.1 Å². The highest BCUT2D eigenvalue weighted by atomic mass is 79.9. The van der Waals surface area contributed by atoms with Gasteiger partial charge in [0.1, 0.15) is 0 Å². The summed E-state index contributed by atoms with van der Waals surface area (Å²) in [5, 5.41) is 0. The molecule has 0 saturated heterocycles. The summed E-state index contributed by atoms with van der Waals surface area (Å²) in [4.78, 5) is 0. The standard InChI is InChI=1S/C14H13Br/c1-10-8-13(11(2)14(15)9-10)12-6-4-3-5-7-12/h3-9H,1-2H3. The van der Waals surface area contributed by atoms with Gasteiger partial charge in [-0.1, -0.05) is 52.3 Å². The molecule has 0 aliphatic heterocycles. The summed E-state index contributed by atoms with van der Waals surface area (Å²) >= 11 is 3.59. The Balaban J connectivity index is 2.63. The fourth-order valence-electron chi connectivity index (χ4n) is 1.73. The van der Waals surface area contributed by atoms with Crippen molar-refractivity contribution in [1.82, 2.24) is 0 Å². The summed E-state index contributed by atoms with van der Waals surface area (Å²) in [6.45, 7) is 4.27. The third-order valence-corrected chi connectivity index (χ3v) is 3.40. The summed E-state index contributed by atoms with van der Waals surface area (Å²) < 4.78 is 1.18. The van der Waals surface area contributed by atoms with Crippen molar-refractivity contribution in [3.63, 3.8) is 0 Å². The Morgan fingerprint density at radius 3 is 2.27 bits per heavy atom. The van der Waals surface area contributed by atoms with Crippen molar-refractivity contribution in [3.05, 3.63) is 58.1 Å². The molecule has 0 amide bonds. The van der Waals surface area contributed by atoms with Crippen LogP contribution in [0.15, 0.2) is 46.9 Å². The summed E-state index contributed by atoms with van der Waals surface area (Å²) in [7, 11) is 0. The van der Waals surface area contributed by atoms with E-state index in [0.717, 1.165) is 0 Å². The minimum atomic E-state index is 1.18. The van der Waals surface area contributed by atoms with E-state index in [2.05, 4.69) is 66.2 Å². The molecule has 0 aromatic heterocycles. The third kappa shape index (κ3) is 2.13. The summed E-state index contributed by atoms with van der Waals surface area (Å²) in [6.07, 6.45) is 0. The Kier molecular flexibility index (Phi) is 2.92. The molecule has 0 heterocycles. The topological polar surface area (TPSA) is 0 Å². The second-order valence-electron chi connectivity index (χ2n) is 3.79. The van der Waals surface area contributed by atoms with E-state index in [4.69, 9.17) is 0 Å². The zero-order chi connectivity index (χ0) is 10.8. The lowest BCUT2D eigenvalue weighted by molar-refractivity contribution is 1.36. The normalized spacial score (nSPS) is 10.3. The van der Waals surface area contributed by atoms with Crippen molar-refractivity contribution >= 4 is 15.9 Å². The van der Waals surface area contributed by atoms with Crippen LogP contribution >= 0.6 is 15.9 Å². The zero-order valence-corrected chi connectivity index (χ0v) is 10.5. The van der Waals surface area contributed by atoms with Crippen LogP contribution in [-0.4, -0.2) is 0 Å². The monoisotopic (exact) mass is 260 g/mol. The van der Waals surface area contributed by atoms with Crippen LogP contribution in [-0.2, 0) is 0 Å². The molecular formula is C14H13Br. The number of hydrogen-bond donors (Lipinski definition) is 0. The summed E-state index contributed by atoms with van der Waals surface area (Å²) in [5.41, 5.74) is 5.17. The molecule has 2 rings (SSSR count). The number of benzene rings is 2. The van der Waals surface area contributed by atoms with Crippen molar-refractivity contribution in [2.24, 2.45) is 0 Å². The fourth-order valence-corrected chi connectivity index (χ4v) is 2.31. The Labute approximate surface area is 99.1 Å². The molecule has 0 bridgehead atoms. The lowest BCUT2D eigenvalue weighted by atomic mass is 9.99. The molecule has 0 spiro atoms. The van der Waals surface area contributed by atoms with E-state index in [9.17, 15) is 0 Å². The van der Waals surface area contributed by atoms with E-state index in [0.29, 0.717) is 0 Å². The van der Waals surface area contributed by atoms with Gasteiger partial charge in [0, 0.05) is 4.47 Å². The van der Waals surface area contributed by atoms with E-state index in [1.807, 2.05) is 6.07 Å². The van der Waals surface area contributed by atoms with Crippen LogP contribution in [0.25, 0.3) is 11.1 Å². The van der Waals surface area contributed by atoms with Gasteiger partial charge >= 0.3 is 0 Å². The van der Waals surface area contributed by atoms with Gasteiger partial charge in [-0.25, -0.2) is 0 Å². The van der Waals surface area contributed by atoms with E-state index >= 15 is 0 Å². The van der Waals surface area contributed by atoms with Crippen LogP contribution in [0.4, 0.5) is 0 Å². The molecule has 76 valence electrons. The molecule has 0 atom stereocenters. The van der Waals surface area contributed by atoms with Gasteiger partial charge in [0.2, 0.25) is 0 Å². The maximum atomic E-state index is 3.59. The van der Waals surface area contributed by atoms with E-state index in [1.54, 1.807) is 0 Å². The van der Waals surface area contributed by atoms with Gasteiger partial charge in [0.25, 0.3) is 0 Å². The van der Waals surface area contributed by atoms with E-state index < -0.39 is 0 Å². The first-order valence-electron chi connectivity index (χ1n) is 5.00. The maximum absolute atomic E-state index is 3.59. The molecule has 2 aromatic carbocycles. The molecule has 0 saturated carbocycles. The minimum absolute atomic E-state index is 1.18. The van der Waals surface area contributed by atoms with E-state index in [1.165, 1.54) is 26.7 Å². The van der Waals surface area contributed by atoms with Gasteiger partial charge in [-0.15, -0.1) is 0 Å².